The molecule has 3 aromatic rings. The lowest BCUT2D eigenvalue weighted by atomic mass is 9.94. The predicted octanol–water partition coefficient (Wildman–Crippen LogP) is 3.31. The van der Waals surface area contributed by atoms with Crippen LogP contribution in [-0.4, -0.2) is 14.5 Å². The number of fused-ring (bicyclic) bond motifs is 1. The molecule has 0 aliphatic heterocycles. The lowest BCUT2D eigenvalue weighted by Crippen LogP contribution is -2.12. The Kier molecular flexibility index (Phi) is 3.36. The van der Waals surface area contributed by atoms with Gasteiger partial charge in [-0.1, -0.05) is 37.3 Å². The fourth-order valence-electron chi connectivity index (χ4n) is 2.29. The number of rotatable bonds is 4. The van der Waals surface area contributed by atoms with Gasteiger partial charge in [0.25, 0.3) is 0 Å². The van der Waals surface area contributed by atoms with Crippen molar-refractivity contribution in [2.45, 2.75) is 19.4 Å². The minimum Gasteiger partial charge on any atom is -0.388 e. The molecule has 0 aliphatic carbocycles. The molecule has 19 heavy (non-hydrogen) atoms. The van der Waals surface area contributed by atoms with Crippen LogP contribution in [0.15, 0.2) is 48.1 Å². The lowest BCUT2D eigenvalue weighted by molar-refractivity contribution is 0.117. The van der Waals surface area contributed by atoms with E-state index < -0.39 is 6.10 Å². The molecule has 2 unspecified atom stereocenters. The van der Waals surface area contributed by atoms with Crippen molar-refractivity contribution in [3.05, 3.63) is 59.4 Å². The van der Waals surface area contributed by atoms with Gasteiger partial charge in [-0.2, -0.15) is 0 Å². The molecule has 0 saturated carbocycles. The number of benzene rings is 1. The van der Waals surface area contributed by atoms with Crippen molar-refractivity contribution in [2.75, 3.05) is 0 Å². The van der Waals surface area contributed by atoms with Gasteiger partial charge in [0.05, 0.1) is 11.8 Å². The van der Waals surface area contributed by atoms with Gasteiger partial charge < -0.3 is 5.11 Å². The van der Waals surface area contributed by atoms with E-state index in [4.69, 9.17) is 0 Å². The average molecular weight is 272 g/mol. The minimum absolute atomic E-state index is 0.145. The third-order valence-electron chi connectivity index (χ3n) is 3.35. The fraction of sp³-hybridized carbons (Fsp3) is 0.267. The van der Waals surface area contributed by atoms with Gasteiger partial charge in [-0.3, -0.25) is 4.40 Å². The first-order valence-corrected chi connectivity index (χ1v) is 7.26. The van der Waals surface area contributed by atoms with Crippen LogP contribution in [0.3, 0.4) is 0 Å². The van der Waals surface area contributed by atoms with E-state index in [9.17, 15) is 5.11 Å². The van der Waals surface area contributed by atoms with Gasteiger partial charge in [-0.25, -0.2) is 4.98 Å². The lowest BCUT2D eigenvalue weighted by Gasteiger charge is -2.18. The van der Waals surface area contributed by atoms with Crippen LogP contribution in [-0.2, 0) is 6.42 Å². The third-order valence-corrected chi connectivity index (χ3v) is 4.13. The summed E-state index contributed by atoms with van der Waals surface area (Å²) in [6.07, 6.45) is 4.39. The van der Waals surface area contributed by atoms with E-state index in [0.717, 1.165) is 22.6 Å². The Morgan fingerprint density at radius 2 is 2.11 bits per heavy atom. The summed E-state index contributed by atoms with van der Waals surface area (Å²) in [5.74, 6) is 0.145. The molecule has 0 spiro atoms. The zero-order chi connectivity index (χ0) is 13.2. The molecule has 98 valence electrons. The Bertz CT molecular complexity index is 630. The van der Waals surface area contributed by atoms with Crippen molar-refractivity contribution in [3.63, 3.8) is 0 Å². The van der Waals surface area contributed by atoms with Crippen LogP contribution < -0.4 is 0 Å². The summed E-state index contributed by atoms with van der Waals surface area (Å²) >= 11 is 1.63. The number of aromatic nitrogens is 2. The minimum atomic E-state index is -0.444. The van der Waals surface area contributed by atoms with Crippen LogP contribution >= 0.6 is 11.3 Å². The summed E-state index contributed by atoms with van der Waals surface area (Å²) in [6.45, 7) is 2.06. The second-order valence-corrected chi connectivity index (χ2v) is 5.74. The van der Waals surface area contributed by atoms with E-state index >= 15 is 0 Å². The van der Waals surface area contributed by atoms with E-state index in [0.29, 0.717) is 0 Å². The molecule has 3 rings (SSSR count). The molecule has 2 heterocycles. The molecule has 0 amide bonds. The topological polar surface area (TPSA) is 37.5 Å². The van der Waals surface area contributed by atoms with Gasteiger partial charge in [0.15, 0.2) is 4.96 Å². The van der Waals surface area contributed by atoms with E-state index in [1.165, 1.54) is 0 Å². The van der Waals surface area contributed by atoms with Gasteiger partial charge in [-0.15, -0.1) is 11.3 Å². The highest BCUT2D eigenvalue weighted by atomic mass is 32.1. The number of imidazole rings is 1. The summed E-state index contributed by atoms with van der Waals surface area (Å²) in [5.41, 5.74) is 2.00. The molecule has 0 saturated heterocycles. The average Bonchev–Trinajstić information content (AvgIpc) is 2.99. The molecule has 0 aliphatic rings. The van der Waals surface area contributed by atoms with Crippen LogP contribution in [0.2, 0.25) is 0 Å². The van der Waals surface area contributed by atoms with Crippen LogP contribution in [0.1, 0.15) is 24.3 Å². The number of aliphatic hydroxyl groups excluding tert-OH is 1. The first kappa shape index (κ1) is 12.4. The van der Waals surface area contributed by atoms with Gasteiger partial charge in [-0.05, 0) is 17.9 Å². The maximum atomic E-state index is 10.3. The van der Waals surface area contributed by atoms with Crippen LogP contribution in [0.5, 0.6) is 0 Å². The number of aliphatic hydroxyl groups is 1. The standard InChI is InChI=1S/C15H16N2OS/c1-11(14(18)12-5-3-2-4-6-12)9-13-10-17-7-8-19-15(17)16-13/h2-8,10-11,14,18H,9H2,1H3. The Morgan fingerprint density at radius 1 is 1.32 bits per heavy atom. The quantitative estimate of drug-likeness (QED) is 0.791. The first-order chi connectivity index (χ1) is 9.24. The molecule has 0 fully saturated rings. The van der Waals surface area contributed by atoms with Gasteiger partial charge >= 0.3 is 0 Å². The largest absolute Gasteiger partial charge is 0.388 e. The second-order valence-electron chi connectivity index (χ2n) is 4.86. The molecule has 1 N–H and O–H groups in total. The monoisotopic (exact) mass is 272 g/mol. The normalized spacial score (nSPS) is 14.6. The summed E-state index contributed by atoms with van der Waals surface area (Å²) in [7, 11) is 0. The second kappa shape index (κ2) is 5.15. The Hall–Kier alpha value is -1.65. The van der Waals surface area contributed by atoms with Crippen molar-refractivity contribution >= 4 is 16.3 Å². The molecular weight excluding hydrogens is 256 g/mol. The Morgan fingerprint density at radius 3 is 2.84 bits per heavy atom. The van der Waals surface area contributed by atoms with Crippen LogP contribution in [0.4, 0.5) is 0 Å². The van der Waals surface area contributed by atoms with Gasteiger partial charge in [0, 0.05) is 17.8 Å². The fourth-order valence-corrected chi connectivity index (χ4v) is 3.01. The predicted molar refractivity (Wildman–Crippen MR) is 77.3 cm³/mol. The zero-order valence-electron chi connectivity index (χ0n) is 10.7. The van der Waals surface area contributed by atoms with Crippen molar-refractivity contribution in [2.24, 2.45) is 5.92 Å². The number of hydrogen-bond donors (Lipinski definition) is 1. The van der Waals surface area contributed by atoms with Crippen LogP contribution in [0.25, 0.3) is 4.96 Å². The Balaban J connectivity index is 1.74. The SMILES string of the molecule is CC(Cc1cn2ccsc2n1)C(O)c1ccccc1. The maximum absolute atomic E-state index is 10.3. The summed E-state index contributed by atoms with van der Waals surface area (Å²) in [6, 6.07) is 9.81. The zero-order valence-corrected chi connectivity index (χ0v) is 11.5. The highest BCUT2D eigenvalue weighted by Gasteiger charge is 2.18. The molecular formula is C15H16N2OS. The smallest absolute Gasteiger partial charge is 0.193 e. The molecule has 3 nitrogen and oxygen atoms in total. The molecule has 4 heteroatoms. The molecule has 2 atom stereocenters. The van der Waals surface area contributed by atoms with Crippen LogP contribution in [0, 0.1) is 5.92 Å². The van der Waals surface area contributed by atoms with Crippen molar-refractivity contribution in [1.82, 2.24) is 9.38 Å². The summed E-state index contributed by atoms with van der Waals surface area (Å²) in [5, 5.41) is 12.4. The number of thiazole rings is 1. The number of hydrogen-bond acceptors (Lipinski definition) is 3. The van der Waals surface area contributed by atoms with Gasteiger partial charge in [0.2, 0.25) is 0 Å². The van der Waals surface area contributed by atoms with E-state index in [1.54, 1.807) is 11.3 Å². The molecule has 1 aromatic carbocycles. The summed E-state index contributed by atoms with van der Waals surface area (Å²) < 4.78 is 2.03. The third kappa shape index (κ3) is 2.55. The van der Waals surface area contributed by atoms with Crippen molar-refractivity contribution in [3.8, 4) is 0 Å². The Labute approximate surface area is 116 Å². The summed E-state index contributed by atoms with van der Waals surface area (Å²) in [4.78, 5) is 5.57. The highest BCUT2D eigenvalue weighted by molar-refractivity contribution is 7.15. The molecule has 0 bridgehead atoms. The van der Waals surface area contributed by atoms with Gasteiger partial charge in [0.1, 0.15) is 0 Å². The van der Waals surface area contributed by atoms with E-state index in [-0.39, 0.29) is 5.92 Å². The van der Waals surface area contributed by atoms with E-state index in [2.05, 4.69) is 11.9 Å². The van der Waals surface area contributed by atoms with E-state index in [1.807, 2.05) is 52.5 Å². The maximum Gasteiger partial charge on any atom is 0.193 e. The molecule has 2 aromatic heterocycles. The van der Waals surface area contributed by atoms with Crippen molar-refractivity contribution < 1.29 is 5.11 Å². The number of nitrogens with zero attached hydrogens (tertiary/aromatic N) is 2. The molecule has 0 radical (unpaired) electrons. The first-order valence-electron chi connectivity index (χ1n) is 6.38. The van der Waals surface area contributed by atoms with Crippen molar-refractivity contribution in [1.29, 1.82) is 0 Å². The highest BCUT2D eigenvalue weighted by Crippen LogP contribution is 2.25.